The molecule has 2 fully saturated rings. The van der Waals surface area contributed by atoms with Crippen molar-refractivity contribution in [3.63, 3.8) is 0 Å². The SMILES string of the molecule is Cc1c(N=C2SCC3(CCCC3C(C)(C)C)N2C)ccc([N+](=O)[O-])c1C. The second kappa shape index (κ2) is 6.55. The Kier molecular flexibility index (Phi) is 4.84. The smallest absolute Gasteiger partial charge is 0.272 e. The molecule has 1 aromatic carbocycles. The highest BCUT2D eigenvalue weighted by atomic mass is 32.2. The van der Waals surface area contributed by atoms with Gasteiger partial charge in [0.25, 0.3) is 5.69 Å². The second-order valence-electron chi connectivity index (χ2n) is 8.77. The maximum absolute atomic E-state index is 11.1. The van der Waals surface area contributed by atoms with E-state index in [1.54, 1.807) is 19.1 Å². The van der Waals surface area contributed by atoms with Crippen molar-refractivity contribution in [1.29, 1.82) is 0 Å². The fourth-order valence-electron chi connectivity index (χ4n) is 4.76. The minimum atomic E-state index is -0.322. The fourth-order valence-corrected chi connectivity index (χ4v) is 6.22. The highest BCUT2D eigenvalue weighted by molar-refractivity contribution is 8.14. The van der Waals surface area contributed by atoms with Crippen LogP contribution in [0, 0.1) is 35.3 Å². The van der Waals surface area contributed by atoms with Crippen LogP contribution in [0.4, 0.5) is 11.4 Å². The van der Waals surface area contributed by atoms with Crippen LogP contribution in [0.25, 0.3) is 0 Å². The second-order valence-corrected chi connectivity index (χ2v) is 9.71. The lowest BCUT2D eigenvalue weighted by atomic mass is 9.71. The highest BCUT2D eigenvalue weighted by Crippen LogP contribution is 2.54. The summed E-state index contributed by atoms with van der Waals surface area (Å²) in [4.78, 5) is 18.1. The molecule has 2 atom stereocenters. The van der Waals surface area contributed by atoms with E-state index in [2.05, 4.69) is 32.7 Å². The third-order valence-electron chi connectivity index (χ3n) is 6.35. The van der Waals surface area contributed by atoms with E-state index in [1.165, 1.54) is 19.3 Å². The van der Waals surface area contributed by atoms with Crippen LogP contribution in [0.5, 0.6) is 0 Å². The van der Waals surface area contributed by atoms with E-state index in [1.807, 2.05) is 18.7 Å². The Morgan fingerprint density at radius 1 is 1.31 bits per heavy atom. The number of benzene rings is 1. The normalized spacial score (nSPS) is 27.7. The lowest BCUT2D eigenvalue weighted by molar-refractivity contribution is -0.385. The fraction of sp³-hybridized carbons (Fsp3) is 0.650. The van der Waals surface area contributed by atoms with Gasteiger partial charge in [-0.05, 0) is 49.7 Å². The van der Waals surface area contributed by atoms with Crippen LogP contribution in [0.3, 0.4) is 0 Å². The molecule has 2 unspecified atom stereocenters. The van der Waals surface area contributed by atoms with E-state index in [4.69, 9.17) is 4.99 Å². The third kappa shape index (κ3) is 3.02. The van der Waals surface area contributed by atoms with Gasteiger partial charge in [-0.3, -0.25) is 10.1 Å². The molecule has 2 aliphatic rings. The lowest BCUT2D eigenvalue weighted by Crippen LogP contribution is -2.51. The van der Waals surface area contributed by atoms with Gasteiger partial charge >= 0.3 is 0 Å². The summed E-state index contributed by atoms with van der Waals surface area (Å²) in [7, 11) is 2.18. The van der Waals surface area contributed by atoms with Gasteiger partial charge in [0.05, 0.1) is 16.1 Å². The molecule has 0 amide bonds. The summed E-state index contributed by atoms with van der Waals surface area (Å²) in [5.74, 6) is 1.73. The van der Waals surface area contributed by atoms with Gasteiger partial charge in [0.2, 0.25) is 0 Å². The molecule has 1 saturated carbocycles. The van der Waals surface area contributed by atoms with Gasteiger partial charge in [0.1, 0.15) is 0 Å². The van der Waals surface area contributed by atoms with Crippen LogP contribution < -0.4 is 0 Å². The average Bonchev–Trinajstić information content (AvgIpc) is 3.11. The Morgan fingerprint density at radius 2 is 2.00 bits per heavy atom. The summed E-state index contributed by atoms with van der Waals surface area (Å²) in [5, 5.41) is 12.2. The van der Waals surface area contributed by atoms with Gasteiger partial charge < -0.3 is 4.90 Å². The van der Waals surface area contributed by atoms with E-state index < -0.39 is 0 Å². The van der Waals surface area contributed by atoms with Crippen molar-refractivity contribution in [2.24, 2.45) is 16.3 Å². The van der Waals surface area contributed by atoms with Gasteiger partial charge in [-0.15, -0.1) is 0 Å². The van der Waals surface area contributed by atoms with Crippen LogP contribution in [-0.2, 0) is 0 Å². The summed E-state index contributed by atoms with van der Waals surface area (Å²) in [6.07, 6.45) is 3.77. The van der Waals surface area contributed by atoms with Crippen molar-refractivity contribution < 1.29 is 4.92 Å². The summed E-state index contributed by atoms with van der Waals surface area (Å²) < 4.78 is 0. The van der Waals surface area contributed by atoms with Gasteiger partial charge in [0, 0.05) is 24.4 Å². The zero-order valence-corrected chi connectivity index (χ0v) is 17.4. The van der Waals surface area contributed by atoms with Gasteiger partial charge in [-0.2, -0.15) is 0 Å². The van der Waals surface area contributed by atoms with Crippen LogP contribution in [0.2, 0.25) is 0 Å². The number of hydrogen-bond acceptors (Lipinski definition) is 4. The maximum Gasteiger partial charge on any atom is 0.272 e. The average molecular weight is 376 g/mol. The number of nitro benzene ring substituents is 1. The Hall–Kier alpha value is -1.56. The van der Waals surface area contributed by atoms with Crippen LogP contribution in [0.1, 0.15) is 51.2 Å². The zero-order chi connectivity index (χ0) is 19.3. The standard InChI is InChI=1S/C20H29N3O2S/c1-13-14(2)16(23(24)25)10-9-15(13)21-18-22(6)20(12-26-18)11-7-8-17(20)19(3,4)5/h9-10,17H,7-8,11-12H2,1-6H3. The molecule has 3 rings (SSSR count). The number of rotatable bonds is 2. The van der Waals surface area contributed by atoms with Gasteiger partial charge in [0.15, 0.2) is 5.17 Å². The molecular formula is C20H29N3O2S. The molecule has 142 valence electrons. The molecule has 6 heteroatoms. The monoisotopic (exact) mass is 375 g/mol. The molecule has 0 aromatic heterocycles. The van der Waals surface area contributed by atoms with Crippen LogP contribution in [0.15, 0.2) is 17.1 Å². The lowest BCUT2D eigenvalue weighted by Gasteiger charge is -2.44. The topological polar surface area (TPSA) is 58.7 Å². The van der Waals surface area contributed by atoms with Gasteiger partial charge in [-0.1, -0.05) is 39.0 Å². The van der Waals surface area contributed by atoms with Crippen molar-refractivity contribution in [3.05, 3.63) is 33.4 Å². The van der Waals surface area contributed by atoms with Crippen molar-refractivity contribution in [2.45, 2.75) is 59.4 Å². The summed E-state index contributed by atoms with van der Waals surface area (Å²) >= 11 is 1.83. The largest absolute Gasteiger partial charge is 0.347 e. The van der Waals surface area contributed by atoms with Crippen molar-refractivity contribution in [3.8, 4) is 0 Å². The first-order chi connectivity index (χ1) is 12.1. The number of hydrogen-bond donors (Lipinski definition) is 0. The minimum absolute atomic E-state index is 0.166. The predicted octanol–water partition coefficient (Wildman–Crippen LogP) is 5.46. The molecule has 1 heterocycles. The molecule has 1 saturated heterocycles. The molecule has 1 aliphatic heterocycles. The molecule has 5 nitrogen and oxygen atoms in total. The highest BCUT2D eigenvalue weighted by Gasteiger charge is 2.54. The Bertz CT molecular complexity index is 769. The maximum atomic E-state index is 11.1. The van der Waals surface area contributed by atoms with E-state index in [0.717, 1.165) is 22.2 Å². The Labute approximate surface area is 160 Å². The summed E-state index contributed by atoms with van der Waals surface area (Å²) in [6, 6.07) is 3.35. The minimum Gasteiger partial charge on any atom is -0.347 e. The predicted molar refractivity (Wildman–Crippen MR) is 109 cm³/mol. The summed E-state index contributed by atoms with van der Waals surface area (Å²) in [5.41, 5.74) is 3.06. The van der Waals surface area contributed by atoms with Crippen molar-refractivity contribution in [2.75, 3.05) is 12.8 Å². The van der Waals surface area contributed by atoms with Crippen molar-refractivity contribution in [1.82, 2.24) is 4.90 Å². The molecular weight excluding hydrogens is 346 g/mol. The number of nitro groups is 1. The quantitative estimate of drug-likeness (QED) is 0.508. The Balaban J connectivity index is 1.95. The zero-order valence-electron chi connectivity index (χ0n) is 16.6. The van der Waals surface area contributed by atoms with E-state index in [0.29, 0.717) is 11.5 Å². The molecule has 0 radical (unpaired) electrons. The first kappa shape index (κ1) is 19.2. The van der Waals surface area contributed by atoms with Crippen LogP contribution >= 0.6 is 11.8 Å². The molecule has 0 N–H and O–H groups in total. The summed E-state index contributed by atoms with van der Waals surface area (Å²) in [6.45, 7) is 10.8. The molecule has 1 aliphatic carbocycles. The van der Waals surface area contributed by atoms with Crippen LogP contribution in [-0.4, -0.2) is 33.3 Å². The number of aliphatic imine (C=N–C) groups is 1. The van der Waals surface area contributed by atoms with E-state index in [9.17, 15) is 10.1 Å². The first-order valence-electron chi connectivity index (χ1n) is 9.28. The third-order valence-corrected chi connectivity index (χ3v) is 7.61. The first-order valence-corrected chi connectivity index (χ1v) is 10.3. The molecule has 1 aromatic rings. The van der Waals surface area contributed by atoms with Crippen molar-refractivity contribution >= 4 is 28.3 Å². The molecule has 26 heavy (non-hydrogen) atoms. The van der Waals surface area contributed by atoms with E-state index in [-0.39, 0.29) is 21.6 Å². The molecule has 1 spiro atoms. The molecule has 0 bridgehead atoms. The van der Waals surface area contributed by atoms with Gasteiger partial charge in [-0.25, -0.2) is 4.99 Å². The van der Waals surface area contributed by atoms with E-state index >= 15 is 0 Å². The number of amidine groups is 1. The Morgan fingerprint density at radius 3 is 2.62 bits per heavy atom. The number of nitrogens with zero attached hydrogens (tertiary/aromatic N) is 3. The number of thioether (sulfide) groups is 1.